The second-order valence-electron chi connectivity index (χ2n) is 3.43. The Labute approximate surface area is 103 Å². The molecule has 5 heteroatoms. The summed E-state index contributed by atoms with van der Waals surface area (Å²) < 4.78 is 29.2. The first-order chi connectivity index (χ1) is 7.54. The fourth-order valence-corrected chi connectivity index (χ4v) is 1.62. The molecular formula is C11H14BrFO3. The van der Waals surface area contributed by atoms with Gasteiger partial charge in [0.05, 0.1) is 10.6 Å². The summed E-state index contributed by atoms with van der Waals surface area (Å²) in [5.74, 6) is 0.407. The van der Waals surface area contributed by atoms with Crippen molar-refractivity contribution < 1.29 is 18.6 Å². The molecular weight excluding hydrogens is 279 g/mol. The molecule has 0 saturated heterocycles. The van der Waals surface area contributed by atoms with Crippen LogP contribution in [-0.2, 0) is 4.74 Å². The quantitative estimate of drug-likeness (QED) is 0.779. The number of benzene rings is 1. The molecule has 3 nitrogen and oxygen atoms in total. The SMILES string of the molecule is COCOc1cc(F)cc(Br)c1OC(C)C. The number of hydrogen-bond acceptors (Lipinski definition) is 3. The van der Waals surface area contributed by atoms with E-state index in [0.717, 1.165) is 0 Å². The average molecular weight is 293 g/mol. The zero-order valence-corrected chi connectivity index (χ0v) is 11.0. The Morgan fingerprint density at radius 3 is 2.62 bits per heavy atom. The van der Waals surface area contributed by atoms with Crippen molar-refractivity contribution >= 4 is 15.9 Å². The molecule has 0 radical (unpaired) electrons. The average Bonchev–Trinajstić information content (AvgIpc) is 2.19. The molecule has 0 spiro atoms. The Balaban J connectivity index is 3.00. The standard InChI is InChI=1S/C11H14BrFO3/c1-7(2)16-11-9(12)4-8(13)5-10(11)15-6-14-3/h4-5,7H,6H2,1-3H3. The topological polar surface area (TPSA) is 27.7 Å². The maximum atomic E-state index is 13.2. The van der Waals surface area contributed by atoms with Gasteiger partial charge in [0.2, 0.25) is 0 Å². The van der Waals surface area contributed by atoms with Crippen molar-refractivity contribution in [3.63, 3.8) is 0 Å². The van der Waals surface area contributed by atoms with Crippen molar-refractivity contribution in [1.82, 2.24) is 0 Å². The van der Waals surface area contributed by atoms with Crippen LogP contribution in [0.5, 0.6) is 11.5 Å². The van der Waals surface area contributed by atoms with Crippen LogP contribution in [0.1, 0.15) is 13.8 Å². The lowest BCUT2D eigenvalue weighted by molar-refractivity contribution is 0.0473. The van der Waals surface area contributed by atoms with Crippen LogP contribution in [0.2, 0.25) is 0 Å². The van der Waals surface area contributed by atoms with Crippen molar-refractivity contribution in [1.29, 1.82) is 0 Å². The lowest BCUT2D eigenvalue weighted by atomic mass is 10.3. The maximum absolute atomic E-state index is 13.2. The Morgan fingerprint density at radius 1 is 1.38 bits per heavy atom. The fourth-order valence-electron chi connectivity index (χ4n) is 1.12. The summed E-state index contributed by atoms with van der Waals surface area (Å²) in [5, 5.41) is 0. The molecule has 0 saturated carbocycles. The molecule has 0 atom stereocenters. The van der Waals surface area contributed by atoms with Gasteiger partial charge in [0.1, 0.15) is 5.82 Å². The van der Waals surface area contributed by atoms with Gasteiger partial charge in [-0.3, -0.25) is 0 Å². The van der Waals surface area contributed by atoms with E-state index in [9.17, 15) is 4.39 Å². The van der Waals surface area contributed by atoms with Crippen LogP contribution in [0.25, 0.3) is 0 Å². The van der Waals surface area contributed by atoms with Crippen LogP contribution >= 0.6 is 15.9 Å². The molecule has 90 valence electrons. The smallest absolute Gasteiger partial charge is 0.188 e. The van der Waals surface area contributed by atoms with E-state index in [0.29, 0.717) is 16.0 Å². The molecule has 1 aromatic carbocycles. The largest absolute Gasteiger partial charge is 0.486 e. The van der Waals surface area contributed by atoms with Gasteiger partial charge < -0.3 is 14.2 Å². The highest BCUT2D eigenvalue weighted by molar-refractivity contribution is 9.10. The van der Waals surface area contributed by atoms with Crippen LogP contribution in [-0.4, -0.2) is 20.0 Å². The molecule has 0 aromatic heterocycles. The van der Waals surface area contributed by atoms with Crippen molar-refractivity contribution in [2.45, 2.75) is 20.0 Å². The van der Waals surface area contributed by atoms with E-state index in [1.165, 1.54) is 19.2 Å². The number of hydrogen-bond donors (Lipinski definition) is 0. The Bertz CT molecular complexity index is 355. The van der Waals surface area contributed by atoms with Crippen molar-refractivity contribution in [3.8, 4) is 11.5 Å². The highest BCUT2D eigenvalue weighted by Gasteiger charge is 2.13. The Hall–Kier alpha value is -0.810. The molecule has 16 heavy (non-hydrogen) atoms. The normalized spacial score (nSPS) is 10.6. The lowest BCUT2D eigenvalue weighted by Crippen LogP contribution is -2.09. The molecule has 0 N–H and O–H groups in total. The predicted octanol–water partition coefficient (Wildman–Crippen LogP) is 3.36. The summed E-state index contributed by atoms with van der Waals surface area (Å²) in [6, 6.07) is 2.60. The van der Waals surface area contributed by atoms with Crippen LogP contribution < -0.4 is 9.47 Å². The van der Waals surface area contributed by atoms with Gasteiger partial charge >= 0.3 is 0 Å². The van der Waals surface area contributed by atoms with Gasteiger partial charge in [0, 0.05) is 13.2 Å². The summed E-state index contributed by atoms with van der Waals surface area (Å²) >= 11 is 3.23. The number of ether oxygens (including phenoxy) is 3. The molecule has 1 rings (SSSR count). The molecule has 0 unspecified atom stereocenters. The van der Waals surface area contributed by atoms with E-state index in [4.69, 9.17) is 14.2 Å². The molecule has 0 aliphatic heterocycles. The van der Waals surface area contributed by atoms with Crippen molar-refractivity contribution in [2.24, 2.45) is 0 Å². The van der Waals surface area contributed by atoms with Crippen LogP contribution in [0.4, 0.5) is 4.39 Å². The third-order valence-electron chi connectivity index (χ3n) is 1.66. The van der Waals surface area contributed by atoms with Crippen molar-refractivity contribution in [3.05, 3.63) is 22.4 Å². The van der Waals surface area contributed by atoms with Crippen molar-refractivity contribution in [2.75, 3.05) is 13.9 Å². The van der Waals surface area contributed by atoms with E-state index in [-0.39, 0.29) is 12.9 Å². The van der Waals surface area contributed by atoms with Gasteiger partial charge in [-0.05, 0) is 35.8 Å². The first kappa shape index (κ1) is 13.3. The zero-order chi connectivity index (χ0) is 12.1. The molecule has 0 heterocycles. The van der Waals surface area contributed by atoms with Gasteiger partial charge in [-0.1, -0.05) is 0 Å². The third-order valence-corrected chi connectivity index (χ3v) is 2.25. The molecule has 0 bridgehead atoms. The minimum atomic E-state index is -0.394. The van der Waals surface area contributed by atoms with Gasteiger partial charge in [-0.15, -0.1) is 0 Å². The summed E-state index contributed by atoms with van der Waals surface area (Å²) in [6.45, 7) is 3.82. The lowest BCUT2D eigenvalue weighted by Gasteiger charge is -2.16. The van der Waals surface area contributed by atoms with Gasteiger partial charge in [0.25, 0.3) is 0 Å². The summed E-state index contributed by atoms with van der Waals surface area (Å²) in [6.07, 6.45) is -0.0216. The van der Waals surface area contributed by atoms with Crippen LogP contribution in [0.3, 0.4) is 0 Å². The summed E-state index contributed by atoms with van der Waals surface area (Å²) in [4.78, 5) is 0. The van der Waals surface area contributed by atoms with E-state index in [2.05, 4.69) is 15.9 Å². The van der Waals surface area contributed by atoms with Gasteiger partial charge in [0.15, 0.2) is 18.3 Å². The van der Waals surface area contributed by atoms with E-state index >= 15 is 0 Å². The molecule has 1 aromatic rings. The molecule has 0 fully saturated rings. The Kier molecular flexibility index (Phi) is 5.02. The number of halogens is 2. The van der Waals surface area contributed by atoms with E-state index in [1.807, 2.05) is 13.8 Å². The predicted molar refractivity (Wildman–Crippen MR) is 62.4 cm³/mol. The number of methoxy groups -OCH3 is 1. The maximum Gasteiger partial charge on any atom is 0.188 e. The van der Waals surface area contributed by atoms with Crippen LogP contribution in [0, 0.1) is 5.82 Å². The summed E-state index contributed by atoms with van der Waals surface area (Å²) in [7, 11) is 1.50. The van der Waals surface area contributed by atoms with E-state index in [1.54, 1.807) is 0 Å². The molecule has 0 amide bonds. The summed E-state index contributed by atoms with van der Waals surface area (Å²) in [5.41, 5.74) is 0. The molecule has 0 aliphatic carbocycles. The van der Waals surface area contributed by atoms with Crippen LogP contribution in [0.15, 0.2) is 16.6 Å². The highest BCUT2D eigenvalue weighted by atomic mass is 79.9. The first-order valence-corrected chi connectivity index (χ1v) is 5.61. The Morgan fingerprint density at radius 2 is 2.06 bits per heavy atom. The third kappa shape index (κ3) is 3.64. The second-order valence-corrected chi connectivity index (χ2v) is 4.29. The fraction of sp³-hybridized carbons (Fsp3) is 0.455. The highest BCUT2D eigenvalue weighted by Crippen LogP contribution is 2.37. The van der Waals surface area contributed by atoms with E-state index < -0.39 is 5.82 Å². The minimum Gasteiger partial charge on any atom is -0.486 e. The molecule has 0 aliphatic rings. The monoisotopic (exact) mass is 292 g/mol. The minimum absolute atomic E-state index is 0.0216. The second kappa shape index (κ2) is 6.06. The van der Waals surface area contributed by atoms with Gasteiger partial charge in [-0.2, -0.15) is 0 Å². The number of rotatable bonds is 5. The van der Waals surface area contributed by atoms with Gasteiger partial charge in [-0.25, -0.2) is 4.39 Å². The zero-order valence-electron chi connectivity index (χ0n) is 9.42. The first-order valence-electron chi connectivity index (χ1n) is 4.82.